The smallest absolute Gasteiger partial charge is 0.408 e. The number of alkyl carbamates (subject to hydrolysis) is 1. The molecule has 3 amide bonds. The maximum atomic E-state index is 13.4. The summed E-state index contributed by atoms with van der Waals surface area (Å²) >= 11 is 0. The van der Waals surface area contributed by atoms with Crippen LogP contribution in [0.5, 0.6) is 0 Å². The number of ether oxygens (including phenoxy) is 3. The third-order valence-corrected chi connectivity index (χ3v) is 10.8. The van der Waals surface area contributed by atoms with Crippen LogP contribution >= 0.6 is 0 Å². The molecule has 304 valence electrons. The van der Waals surface area contributed by atoms with Gasteiger partial charge in [0.2, 0.25) is 5.91 Å². The summed E-state index contributed by atoms with van der Waals surface area (Å²) in [5, 5.41) is 12.2. The van der Waals surface area contributed by atoms with Gasteiger partial charge in [-0.3, -0.25) is 9.59 Å². The van der Waals surface area contributed by atoms with Gasteiger partial charge < -0.3 is 29.5 Å². The Labute approximate surface area is 333 Å². The molecule has 0 spiro atoms. The SMILES string of the molecule is CCCCCCCCN(CCCCCCCC)C[C@@H]1C[C@H](c2ccc(CO)cc2)O[C@H](c2ccc(N3C(=O)CC(NC(=O)OCc4ccccc4)C3=O)cc2)O1. The molecule has 3 aromatic carbocycles. The molecule has 0 aromatic heterocycles. The highest BCUT2D eigenvalue weighted by molar-refractivity contribution is 6.22. The number of unbranched alkanes of at least 4 members (excludes halogenated alkanes) is 10. The maximum absolute atomic E-state index is 13.4. The van der Waals surface area contributed by atoms with E-state index in [-0.39, 0.29) is 31.8 Å². The van der Waals surface area contributed by atoms with Gasteiger partial charge in [0.1, 0.15) is 12.6 Å². The third kappa shape index (κ3) is 13.3. The van der Waals surface area contributed by atoms with Crippen LogP contribution in [0.1, 0.15) is 138 Å². The Morgan fingerprint density at radius 3 is 2.00 bits per heavy atom. The molecule has 4 atom stereocenters. The number of aliphatic hydroxyl groups excluding tert-OH is 1. The van der Waals surface area contributed by atoms with Gasteiger partial charge in [-0.25, -0.2) is 9.69 Å². The minimum atomic E-state index is -1.01. The molecule has 0 aliphatic carbocycles. The van der Waals surface area contributed by atoms with Gasteiger partial charge in [0.05, 0.1) is 30.9 Å². The first-order chi connectivity index (χ1) is 27.4. The molecule has 56 heavy (non-hydrogen) atoms. The topological polar surface area (TPSA) is 118 Å². The molecule has 2 fully saturated rings. The summed E-state index contributed by atoms with van der Waals surface area (Å²) in [4.78, 5) is 42.6. The van der Waals surface area contributed by atoms with E-state index in [0.29, 0.717) is 12.1 Å². The zero-order valence-corrected chi connectivity index (χ0v) is 33.5. The van der Waals surface area contributed by atoms with Crippen molar-refractivity contribution >= 4 is 23.6 Å². The molecule has 0 bridgehead atoms. The van der Waals surface area contributed by atoms with Crippen LogP contribution in [0.25, 0.3) is 0 Å². The van der Waals surface area contributed by atoms with Crippen molar-refractivity contribution < 1.29 is 33.7 Å². The van der Waals surface area contributed by atoms with Crippen molar-refractivity contribution in [3.05, 3.63) is 101 Å². The molecule has 2 N–H and O–H groups in total. The first-order valence-corrected chi connectivity index (χ1v) is 21.0. The molecule has 2 aliphatic rings. The summed E-state index contributed by atoms with van der Waals surface area (Å²) in [6, 6.07) is 23.3. The lowest BCUT2D eigenvalue weighted by molar-refractivity contribution is -0.253. The number of nitrogens with one attached hydrogen (secondary N) is 1. The van der Waals surface area contributed by atoms with Gasteiger partial charge in [-0.15, -0.1) is 0 Å². The maximum Gasteiger partial charge on any atom is 0.408 e. The molecule has 0 saturated carbocycles. The number of carbonyl (C=O) groups is 3. The predicted octanol–water partition coefficient (Wildman–Crippen LogP) is 9.31. The summed E-state index contributed by atoms with van der Waals surface area (Å²) in [5.41, 5.74) is 3.90. The number of hydrogen-bond donors (Lipinski definition) is 2. The van der Waals surface area contributed by atoms with Crippen LogP contribution in [0.2, 0.25) is 0 Å². The zero-order valence-electron chi connectivity index (χ0n) is 33.5. The Bertz CT molecular complexity index is 1600. The number of benzene rings is 3. The zero-order chi connectivity index (χ0) is 39.5. The molecule has 5 rings (SSSR count). The minimum absolute atomic E-state index is 0.0183. The van der Waals surface area contributed by atoms with Crippen molar-refractivity contribution in [3.63, 3.8) is 0 Å². The number of anilines is 1. The van der Waals surface area contributed by atoms with E-state index in [1.54, 1.807) is 12.1 Å². The van der Waals surface area contributed by atoms with Gasteiger partial charge in [0.15, 0.2) is 6.29 Å². The van der Waals surface area contributed by atoms with Crippen LogP contribution in [-0.4, -0.2) is 59.7 Å². The Morgan fingerprint density at radius 2 is 1.38 bits per heavy atom. The lowest BCUT2D eigenvalue weighted by Gasteiger charge is -2.38. The normalized spacial score (nSPS) is 19.8. The van der Waals surface area contributed by atoms with E-state index in [1.165, 1.54) is 77.0 Å². The van der Waals surface area contributed by atoms with Gasteiger partial charge >= 0.3 is 6.09 Å². The van der Waals surface area contributed by atoms with E-state index in [2.05, 4.69) is 24.1 Å². The van der Waals surface area contributed by atoms with E-state index < -0.39 is 30.2 Å². The largest absolute Gasteiger partial charge is 0.445 e. The highest BCUT2D eigenvalue weighted by Gasteiger charge is 2.41. The van der Waals surface area contributed by atoms with E-state index in [1.807, 2.05) is 66.7 Å². The molecule has 2 aliphatic heterocycles. The first kappa shape index (κ1) is 43.0. The van der Waals surface area contributed by atoms with E-state index in [0.717, 1.165) is 46.8 Å². The average Bonchev–Trinajstić information content (AvgIpc) is 3.50. The number of aliphatic hydroxyl groups is 1. The van der Waals surface area contributed by atoms with Gasteiger partial charge in [-0.2, -0.15) is 0 Å². The van der Waals surface area contributed by atoms with Gasteiger partial charge in [0, 0.05) is 18.5 Å². The standard InChI is InChI=1S/C46H63N3O7/c1-3-5-7-9-11-16-28-48(29-17-12-10-8-6-4-2)32-40-30-42(37-22-20-35(33-50)21-23-37)56-45(55-40)38-24-26-39(27-25-38)49-43(51)31-41(44(49)52)47-46(53)54-34-36-18-14-13-15-19-36/h13-15,18-27,40-42,45,50H,3-12,16-17,28-34H2,1-2H3,(H,47,53)/t40-,41?,42+,45+/m0/s1. The van der Waals surface area contributed by atoms with Crippen molar-refractivity contribution in [1.82, 2.24) is 10.2 Å². The first-order valence-electron chi connectivity index (χ1n) is 21.0. The summed E-state index contributed by atoms with van der Waals surface area (Å²) in [5.74, 6) is -0.907. The summed E-state index contributed by atoms with van der Waals surface area (Å²) in [6.45, 7) is 7.46. The van der Waals surface area contributed by atoms with Crippen molar-refractivity contribution in [2.75, 3.05) is 24.5 Å². The third-order valence-electron chi connectivity index (χ3n) is 10.8. The Balaban J connectivity index is 1.25. The fourth-order valence-corrected chi connectivity index (χ4v) is 7.55. The predicted molar refractivity (Wildman–Crippen MR) is 219 cm³/mol. The van der Waals surface area contributed by atoms with Crippen LogP contribution in [-0.2, 0) is 37.0 Å². The molecule has 2 heterocycles. The highest BCUT2D eigenvalue weighted by Crippen LogP contribution is 2.39. The van der Waals surface area contributed by atoms with E-state index >= 15 is 0 Å². The Kier molecular flexibility index (Phi) is 17.8. The second-order valence-electron chi connectivity index (χ2n) is 15.3. The monoisotopic (exact) mass is 769 g/mol. The number of imide groups is 1. The highest BCUT2D eigenvalue weighted by atomic mass is 16.7. The minimum Gasteiger partial charge on any atom is -0.445 e. The number of amides is 3. The molecular formula is C46H63N3O7. The van der Waals surface area contributed by atoms with E-state index in [9.17, 15) is 19.5 Å². The van der Waals surface area contributed by atoms with Crippen molar-refractivity contribution in [2.24, 2.45) is 0 Å². The summed E-state index contributed by atoms with van der Waals surface area (Å²) in [7, 11) is 0. The number of hydrogen-bond acceptors (Lipinski definition) is 8. The van der Waals surface area contributed by atoms with Crippen molar-refractivity contribution in [1.29, 1.82) is 0 Å². The van der Waals surface area contributed by atoms with Crippen molar-refractivity contribution in [3.8, 4) is 0 Å². The molecule has 3 aromatic rings. The second-order valence-corrected chi connectivity index (χ2v) is 15.3. The van der Waals surface area contributed by atoms with Gasteiger partial charge in [-0.1, -0.05) is 145 Å². The molecule has 1 unspecified atom stereocenters. The fourth-order valence-electron chi connectivity index (χ4n) is 7.55. The number of rotatable bonds is 23. The number of carbonyl (C=O) groups excluding carboxylic acids is 3. The Morgan fingerprint density at radius 1 is 0.768 bits per heavy atom. The van der Waals surface area contributed by atoms with Gasteiger partial charge in [-0.05, 0) is 54.8 Å². The fraction of sp³-hybridized carbons (Fsp3) is 0.543. The van der Waals surface area contributed by atoms with Crippen LogP contribution in [0.15, 0.2) is 78.9 Å². The van der Waals surface area contributed by atoms with Crippen LogP contribution in [0.3, 0.4) is 0 Å². The van der Waals surface area contributed by atoms with E-state index in [4.69, 9.17) is 14.2 Å². The molecule has 0 radical (unpaired) electrons. The number of nitrogens with zero attached hydrogens (tertiary/aromatic N) is 2. The quantitative estimate of drug-likeness (QED) is 0.0724. The second kappa shape index (κ2) is 23.2. The van der Waals surface area contributed by atoms with Crippen LogP contribution < -0.4 is 10.2 Å². The Hall–Kier alpha value is -4.09. The molecule has 10 nitrogen and oxygen atoms in total. The van der Waals surface area contributed by atoms with Crippen LogP contribution in [0.4, 0.5) is 10.5 Å². The summed E-state index contributed by atoms with van der Waals surface area (Å²) in [6.07, 6.45) is 14.0. The summed E-state index contributed by atoms with van der Waals surface area (Å²) < 4.78 is 18.6. The average molecular weight is 770 g/mol. The molecule has 10 heteroatoms. The molecule has 2 saturated heterocycles. The lowest BCUT2D eigenvalue weighted by Crippen LogP contribution is -2.42. The molecular weight excluding hydrogens is 707 g/mol. The van der Waals surface area contributed by atoms with Crippen LogP contribution in [0, 0.1) is 0 Å². The lowest BCUT2D eigenvalue weighted by atomic mass is 9.99. The van der Waals surface area contributed by atoms with Gasteiger partial charge in [0.25, 0.3) is 5.91 Å². The van der Waals surface area contributed by atoms with Crippen molar-refractivity contribution in [2.45, 2.75) is 141 Å².